The van der Waals surface area contributed by atoms with Gasteiger partial charge in [-0.05, 0) is 44.6 Å². The van der Waals surface area contributed by atoms with Gasteiger partial charge in [-0.3, -0.25) is 4.79 Å². The van der Waals surface area contributed by atoms with Gasteiger partial charge in [-0.1, -0.05) is 6.92 Å². The summed E-state index contributed by atoms with van der Waals surface area (Å²) in [5.74, 6) is -9.12. The Kier molecular flexibility index (Phi) is 6.88. The number of hydrogen-bond acceptors (Lipinski definition) is 5. The summed E-state index contributed by atoms with van der Waals surface area (Å²) in [6.07, 6.45) is 1.91. The first-order valence-corrected chi connectivity index (χ1v) is 10.5. The van der Waals surface area contributed by atoms with Crippen LogP contribution in [-0.4, -0.2) is 24.6 Å². The number of nitrogens with one attached hydrogen (secondary N) is 1. The first kappa shape index (κ1) is 23.1. The van der Waals surface area contributed by atoms with Crippen molar-refractivity contribution < 1.29 is 36.6 Å². The molecule has 1 aliphatic carbocycles. The Hall–Kier alpha value is -2.62. The quantitative estimate of drug-likeness (QED) is 0.375. The molecule has 0 radical (unpaired) electrons. The lowest BCUT2D eigenvalue weighted by Gasteiger charge is -2.18. The van der Waals surface area contributed by atoms with E-state index in [1.54, 1.807) is 13.8 Å². The minimum atomic E-state index is -1.74. The first-order valence-electron chi connectivity index (χ1n) is 9.69. The second-order valence-corrected chi connectivity index (χ2v) is 8.75. The zero-order chi connectivity index (χ0) is 22.9. The minimum Gasteiger partial charge on any atom is -0.477 e. The van der Waals surface area contributed by atoms with Gasteiger partial charge in [-0.25, -0.2) is 13.6 Å². The smallest absolute Gasteiger partial charge is 0.341 e. The second-order valence-electron chi connectivity index (χ2n) is 7.64. The van der Waals surface area contributed by atoms with E-state index < -0.39 is 47.5 Å². The van der Waals surface area contributed by atoms with Crippen molar-refractivity contribution in [1.82, 2.24) is 0 Å². The zero-order valence-electron chi connectivity index (χ0n) is 17.1. The molecule has 168 valence electrons. The number of amides is 1. The molecule has 1 amide bonds. The molecule has 0 spiro atoms. The molecule has 0 saturated carbocycles. The van der Waals surface area contributed by atoms with Crippen LogP contribution in [0.1, 0.15) is 48.0 Å². The van der Waals surface area contributed by atoms with Crippen LogP contribution >= 0.6 is 11.3 Å². The molecular weight excluding hydrogens is 438 g/mol. The summed E-state index contributed by atoms with van der Waals surface area (Å²) in [7, 11) is 0. The molecule has 1 heterocycles. The number of anilines is 1. The molecule has 10 heteroatoms. The molecule has 5 nitrogen and oxygen atoms in total. The summed E-state index contributed by atoms with van der Waals surface area (Å²) in [5.41, 5.74) is 1.07. The number of hydrogen-bond donors (Lipinski definition) is 1. The molecule has 2 aromatic rings. The Morgan fingerprint density at radius 1 is 1.19 bits per heavy atom. The largest absolute Gasteiger partial charge is 0.477 e. The molecule has 31 heavy (non-hydrogen) atoms. The van der Waals surface area contributed by atoms with Gasteiger partial charge in [0, 0.05) is 10.9 Å². The maximum absolute atomic E-state index is 13.7. The monoisotopic (exact) mass is 459 g/mol. The standard InChI is InChI=1S/C21H21F4NO4S/c1-9(2)30-21(28)16-11-5-4-10(3)6-14(11)31-20(16)26-15(27)8-29-19-17(24)12(22)7-13(23)18(19)25/h7,9-10H,4-6,8H2,1-3H3,(H,26,27)/t10-/m0/s1. The molecule has 0 bridgehead atoms. The summed E-state index contributed by atoms with van der Waals surface area (Å²) in [4.78, 5) is 25.9. The lowest BCUT2D eigenvalue weighted by atomic mass is 9.88. The molecular formula is C21H21F4NO4S. The van der Waals surface area contributed by atoms with E-state index in [9.17, 15) is 27.2 Å². The molecule has 1 aliphatic rings. The highest BCUT2D eigenvalue weighted by Gasteiger charge is 2.30. The molecule has 0 saturated heterocycles. The third-order valence-corrected chi connectivity index (χ3v) is 5.90. The van der Waals surface area contributed by atoms with Crippen molar-refractivity contribution in [3.63, 3.8) is 0 Å². The van der Waals surface area contributed by atoms with Crippen LogP contribution in [-0.2, 0) is 22.4 Å². The SMILES string of the molecule is CC(C)OC(=O)c1c(NC(=O)COc2c(F)c(F)cc(F)c2F)sc2c1CC[C@H](C)C2. The van der Waals surface area contributed by atoms with E-state index in [4.69, 9.17) is 9.47 Å². The maximum atomic E-state index is 13.7. The number of ether oxygens (including phenoxy) is 2. The maximum Gasteiger partial charge on any atom is 0.341 e. The van der Waals surface area contributed by atoms with Gasteiger partial charge in [-0.2, -0.15) is 8.78 Å². The summed E-state index contributed by atoms with van der Waals surface area (Å²) < 4.78 is 64.0. The van der Waals surface area contributed by atoms with E-state index in [2.05, 4.69) is 12.2 Å². The van der Waals surface area contributed by atoms with Gasteiger partial charge in [0.05, 0.1) is 11.7 Å². The molecule has 1 N–H and O–H groups in total. The number of halogens is 4. The van der Waals surface area contributed by atoms with Gasteiger partial charge in [0.1, 0.15) is 5.00 Å². The number of benzene rings is 1. The van der Waals surface area contributed by atoms with Gasteiger partial charge in [0.25, 0.3) is 5.91 Å². The Balaban J connectivity index is 1.81. The van der Waals surface area contributed by atoms with E-state index in [-0.39, 0.29) is 22.7 Å². The van der Waals surface area contributed by atoms with Crippen molar-refractivity contribution in [3.05, 3.63) is 45.3 Å². The van der Waals surface area contributed by atoms with Crippen molar-refractivity contribution in [2.45, 2.75) is 46.1 Å². The van der Waals surface area contributed by atoms with Gasteiger partial charge in [0.2, 0.25) is 11.6 Å². The van der Waals surface area contributed by atoms with Crippen LogP contribution < -0.4 is 10.1 Å². The van der Waals surface area contributed by atoms with Crippen LogP contribution in [0.4, 0.5) is 22.6 Å². The fourth-order valence-corrected chi connectivity index (χ4v) is 4.72. The minimum absolute atomic E-state index is 0.0430. The van der Waals surface area contributed by atoms with Crippen LogP contribution in [0.3, 0.4) is 0 Å². The van der Waals surface area contributed by atoms with E-state index in [0.29, 0.717) is 12.3 Å². The lowest BCUT2D eigenvalue weighted by Crippen LogP contribution is -2.23. The molecule has 1 aromatic carbocycles. The Bertz CT molecular complexity index is 995. The average Bonchev–Trinajstić information content (AvgIpc) is 3.02. The van der Waals surface area contributed by atoms with Crippen molar-refractivity contribution in [2.75, 3.05) is 11.9 Å². The predicted octanol–water partition coefficient (Wildman–Crippen LogP) is 5.01. The van der Waals surface area contributed by atoms with Crippen LogP contribution in [0.2, 0.25) is 0 Å². The number of fused-ring (bicyclic) bond motifs is 1. The highest BCUT2D eigenvalue weighted by atomic mass is 32.1. The highest BCUT2D eigenvalue weighted by molar-refractivity contribution is 7.17. The van der Waals surface area contributed by atoms with E-state index in [1.165, 1.54) is 11.3 Å². The molecule has 0 fully saturated rings. The third-order valence-electron chi connectivity index (χ3n) is 4.73. The lowest BCUT2D eigenvalue weighted by molar-refractivity contribution is -0.118. The fourth-order valence-electron chi connectivity index (χ4n) is 3.31. The number of esters is 1. The third kappa shape index (κ3) is 5.00. The Labute approximate surface area is 180 Å². The molecule has 3 rings (SSSR count). The fraction of sp³-hybridized carbons (Fsp3) is 0.429. The van der Waals surface area contributed by atoms with Crippen molar-refractivity contribution in [1.29, 1.82) is 0 Å². The number of thiophene rings is 1. The average molecular weight is 459 g/mol. The van der Waals surface area contributed by atoms with Gasteiger partial charge in [-0.15, -0.1) is 11.3 Å². The van der Waals surface area contributed by atoms with Crippen LogP contribution in [0.25, 0.3) is 0 Å². The van der Waals surface area contributed by atoms with E-state index >= 15 is 0 Å². The van der Waals surface area contributed by atoms with Crippen molar-refractivity contribution in [2.24, 2.45) is 5.92 Å². The summed E-state index contributed by atoms with van der Waals surface area (Å²) in [5, 5.41) is 2.74. The molecule has 0 unspecified atom stereocenters. The summed E-state index contributed by atoms with van der Waals surface area (Å²) >= 11 is 1.23. The molecule has 1 aromatic heterocycles. The van der Waals surface area contributed by atoms with E-state index in [1.807, 2.05) is 0 Å². The zero-order valence-corrected chi connectivity index (χ0v) is 17.9. The summed E-state index contributed by atoms with van der Waals surface area (Å²) in [6, 6.07) is 0.0430. The van der Waals surface area contributed by atoms with E-state index in [0.717, 1.165) is 23.3 Å². The Morgan fingerprint density at radius 3 is 2.45 bits per heavy atom. The summed E-state index contributed by atoms with van der Waals surface area (Å²) in [6.45, 7) is 4.56. The van der Waals surface area contributed by atoms with Gasteiger partial charge in [0.15, 0.2) is 24.0 Å². The normalized spacial score (nSPS) is 15.5. The Morgan fingerprint density at radius 2 is 1.84 bits per heavy atom. The van der Waals surface area contributed by atoms with Gasteiger partial charge >= 0.3 is 5.97 Å². The molecule has 1 atom stereocenters. The van der Waals surface area contributed by atoms with Gasteiger partial charge < -0.3 is 14.8 Å². The van der Waals surface area contributed by atoms with Crippen LogP contribution in [0.5, 0.6) is 5.75 Å². The van der Waals surface area contributed by atoms with Crippen molar-refractivity contribution >= 4 is 28.2 Å². The second kappa shape index (κ2) is 9.25. The van der Waals surface area contributed by atoms with Crippen LogP contribution in [0, 0.1) is 29.2 Å². The van der Waals surface area contributed by atoms with Crippen LogP contribution in [0.15, 0.2) is 6.07 Å². The number of carbonyl (C=O) groups is 2. The number of carbonyl (C=O) groups excluding carboxylic acids is 2. The predicted molar refractivity (Wildman–Crippen MR) is 106 cm³/mol. The highest BCUT2D eigenvalue weighted by Crippen LogP contribution is 2.40. The first-order chi connectivity index (χ1) is 14.6. The molecule has 0 aliphatic heterocycles. The topological polar surface area (TPSA) is 64.6 Å². The number of rotatable bonds is 6. The van der Waals surface area contributed by atoms with Crippen molar-refractivity contribution in [3.8, 4) is 5.75 Å².